The van der Waals surface area contributed by atoms with Gasteiger partial charge < -0.3 is 30.2 Å². The van der Waals surface area contributed by atoms with Crippen molar-refractivity contribution in [1.29, 1.82) is 0 Å². The molecule has 0 bridgehead atoms. The van der Waals surface area contributed by atoms with E-state index in [0.717, 1.165) is 44.7 Å². The second-order valence-electron chi connectivity index (χ2n) is 12.4. The average molecular weight is 581 g/mol. The van der Waals surface area contributed by atoms with Crippen molar-refractivity contribution in [2.75, 3.05) is 50.7 Å². The molecule has 0 spiro atoms. The Labute approximate surface area is 247 Å². The van der Waals surface area contributed by atoms with Gasteiger partial charge in [0.15, 0.2) is 5.78 Å². The van der Waals surface area contributed by atoms with Crippen LogP contribution in [-0.4, -0.2) is 114 Å². The van der Waals surface area contributed by atoms with Gasteiger partial charge in [-0.15, -0.1) is 0 Å². The minimum absolute atomic E-state index is 0.0547. The van der Waals surface area contributed by atoms with Crippen LogP contribution in [0.4, 0.5) is 5.69 Å². The molecule has 1 aromatic carbocycles. The minimum atomic E-state index is -0.784. The van der Waals surface area contributed by atoms with Crippen molar-refractivity contribution in [3.8, 4) is 0 Å². The van der Waals surface area contributed by atoms with Gasteiger partial charge in [-0.05, 0) is 62.3 Å². The summed E-state index contributed by atoms with van der Waals surface area (Å²) in [5, 5.41) is 6.28. The first-order valence-electron chi connectivity index (χ1n) is 15.4. The largest absolute Gasteiger partial charge is 0.369 e. The highest BCUT2D eigenvalue weighted by Gasteiger charge is 2.53. The predicted molar refractivity (Wildman–Crippen MR) is 158 cm³/mol. The second-order valence-corrected chi connectivity index (χ2v) is 12.4. The molecular formula is C31H44N6O5. The summed E-state index contributed by atoms with van der Waals surface area (Å²) in [5.74, 6) is -0.975. The Hall–Kier alpha value is -3.47. The van der Waals surface area contributed by atoms with Crippen LogP contribution in [0.1, 0.15) is 63.2 Å². The van der Waals surface area contributed by atoms with E-state index in [0.29, 0.717) is 37.9 Å². The summed E-state index contributed by atoms with van der Waals surface area (Å²) >= 11 is 0. The van der Waals surface area contributed by atoms with E-state index in [4.69, 9.17) is 0 Å². The number of piperazine rings is 1. The first-order chi connectivity index (χ1) is 20.2. The lowest BCUT2D eigenvalue weighted by molar-refractivity contribution is -0.147. The molecule has 11 heteroatoms. The predicted octanol–water partition coefficient (Wildman–Crippen LogP) is 1.02. The van der Waals surface area contributed by atoms with Gasteiger partial charge in [-0.2, -0.15) is 0 Å². The van der Waals surface area contributed by atoms with Crippen molar-refractivity contribution in [3.05, 3.63) is 29.8 Å². The number of carbonyl (C=O) groups is 5. The lowest BCUT2D eigenvalue weighted by Crippen LogP contribution is -2.54. The Bertz CT molecular complexity index is 1200. The van der Waals surface area contributed by atoms with Crippen LogP contribution in [0.25, 0.3) is 0 Å². The van der Waals surface area contributed by atoms with Crippen LogP contribution >= 0.6 is 0 Å². The van der Waals surface area contributed by atoms with E-state index in [1.807, 2.05) is 26.0 Å². The molecule has 4 unspecified atom stereocenters. The van der Waals surface area contributed by atoms with E-state index in [9.17, 15) is 24.0 Å². The Kier molecular flexibility index (Phi) is 9.15. The highest BCUT2D eigenvalue weighted by atomic mass is 16.2. The molecule has 4 atom stereocenters. The smallest absolute Gasteiger partial charge is 0.251 e. The number of amides is 4. The van der Waals surface area contributed by atoms with Gasteiger partial charge in [0.2, 0.25) is 17.7 Å². The van der Waals surface area contributed by atoms with E-state index in [-0.39, 0.29) is 41.9 Å². The molecular weight excluding hydrogens is 536 g/mol. The first kappa shape index (κ1) is 30.0. The third-order valence-corrected chi connectivity index (χ3v) is 9.10. The molecule has 42 heavy (non-hydrogen) atoms. The van der Waals surface area contributed by atoms with Crippen molar-refractivity contribution in [2.45, 2.75) is 77.0 Å². The summed E-state index contributed by atoms with van der Waals surface area (Å²) in [5.41, 5.74) is 1.54. The number of piperidine rings is 1. The van der Waals surface area contributed by atoms with Crippen molar-refractivity contribution >= 4 is 35.1 Å². The van der Waals surface area contributed by atoms with Gasteiger partial charge in [-0.25, -0.2) is 0 Å². The fourth-order valence-corrected chi connectivity index (χ4v) is 7.00. The number of nitrogens with zero attached hydrogens (tertiary/aromatic N) is 4. The Morgan fingerprint density at radius 3 is 2.31 bits per heavy atom. The van der Waals surface area contributed by atoms with Gasteiger partial charge in [0.25, 0.3) is 5.91 Å². The third kappa shape index (κ3) is 6.16. The number of likely N-dealkylation sites (tertiary alicyclic amines) is 3. The maximum absolute atomic E-state index is 13.9. The summed E-state index contributed by atoms with van der Waals surface area (Å²) in [6.07, 6.45) is 3.23. The summed E-state index contributed by atoms with van der Waals surface area (Å²) in [4.78, 5) is 73.3. The highest BCUT2D eigenvalue weighted by Crippen LogP contribution is 2.33. The van der Waals surface area contributed by atoms with Gasteiger partial charge in [0, 0.05) is 57.4 Å². The van der Waals surface area contributed by atoms with Crippen molar-refractivity contribution in [2.24, 2.45) is 5.92 Å². The van der Waals surface area contributed by atoms with Crippen molar-refractivity contribution < 1.29 is 24.0 Å². The number of benzene rings is 1. The molecule has 0 aliphatic carbocycles. The number of carbonyl (C=O) groups excluding carboxylic acids is 5. The Morgan fingerprint density at radius 2 is 1.64 bits per heavy atom. The molecule has 11 nitrogen and oxygen atoms in total. The monoisotopic (exact) mass is 580 g/mol. The number of hydrogen-bond acceptors (Lipinski definition) is 7. The topological polar surface area (TPSA) is 122 Å². The molecule has 4 aliphatic rings. The molecule has 228 valence electrons. The number of hydrogen-bond donors (Lipinski definition) is 2. The highest BCUT2D eigenvalue weighted by molar-refractivity contribution is 6.01. The van der Waals surface area contributed by atoms with Crippen molar-refractivity contribution in [3.63, 3.8) is 0 Å². The molecule has 2 N–H and O–H groups in total. The molecule has 4 amide bonds. The summed E-state index contributed by atoms with van der Waals surface area (Å²) in [6.45, 7) is 9.95. The quantitative estimate of drug-likeness (QED) is 0.494. The fourth-order valence-electron chi connectivity index (χ4n) is 7.00. The van der Waals surface area contributed by atoms with Gasteiger partial charge in [-0.1, -0.05) is 13.8 Å². The zero-order valence-electron chi connectivity index (χ0n) is 25.0. The standard InChI is InChI=1S/C31H44N6O5/c1-20(2)18-24(33-29(40)22-7-9-23(10-8-22)34-16-12-32-13-17-34)30(41)36-15-11-25-28(36)27(39)19-37(25)31(42)26-6-4-5-14-35(26)21(3)38/h7-10,20,24-26,28,32H,4-6,11-19H2,1-3H3,(H,33,40). The van der Waals surface area contributed by atoms with Gasteiger partial charge in [-0.3, -0.25) is 24.0 Å². The fraction of sp³-hybridized carbons (Fsp3) is 0.645. The Balaban J connectivity index is 1.27. The average Bonchev–Trinajstić information content (AvgIpc) is 3.57. The van der Waals surface area contributed by atoms with Crippen LogP contribution in [0.2, 0.25) is 0 Å². The molecule has 0 radical (unpaired) electrons. The Morgan fingerprint density at radius 1 is 0.929 bits per heavy atom. The molecule has 1 aromatic rings. The zero-order valence-corrected chi connectivity index (χ0v) is 25.0. The second kappa shape index (κ2) is 12.8. The number of fused-ring (bicyclic) bond motifs is 1. The van der Waals surface area contributed by atoms with Gasteiger partial charge >= 0.3 is 0 Å². The van der Waals surface area contributed by atoms with Crippen molar-refractivity contribution in [1.82, 2.24) is 25.3 Å². The molecule has 0 saturated carbocycles. The molecule has 5 rings (SSSR count). The van der Waals surface area contributed by atoms with Crippen LogP contribution in [0.3, 0.4) is 0 Å². The molecule has 4 saturated heterocycles. The van der Waals surface area contributed by atoms with E-state index >= 15 is 0 Å². The molecule has 4 heterocycles. The lowest BCUT2D eigenvalue weighted by Gasteiger charge is -2.37. The van der Waals surface area contributed by atoms with Crippen LogP contribution in [-0.2, 0) is 19.2 Å². The van der Waals surface area contributed by atoms with E-state index < -0.39 is 24.2 Å². The minimum Gasteiger partial charge on any atom is -0.369 e. The maximum atomic E-state index is 13.9. The number of anilines is 1. The number of rotatable bonds is 7. The third-order valence-electron chi connectivity index (χ3n) is 9.10. The van der Waals surface area contributed by atoms with Crippen LogP contribution < -0.4 is 15.5 Å². The van der Waals surface area contributed by atoms with E-state index in [1.165, 1.54) is 6.92 Å². The van der Waals surface area contributed by atoms with Gasteiger partial charge in [0.05, 0.1) is 12.6 Å². The lowest BCUT2D eigenvalue weighted by atomic mass is 10.00. The number of ketones is 1. The summed E-state index contributed by atoms with van der Waals surface area (Å²) < 4.78 is 0. The first-order valence-corrected chi connectivity index (χ1v) is 15.4. The maximum Gasteiger partial charge on any atom is 0.251 e. The summed E-state index contributed by atoms with van der Waals surface area (Å²) in [6, 6.07) is 4.98. The van der Waals surface area contributed by atoms with Crippen LogP contribution in [0.5, 0.6) is 0 Å². The van der Waals surface area contributed by atoms with Crippen LogP contribution in [0, 0.1) is 5.92 Å². The number of Topliss-reactive ketones (excluding diaryl/α,β-unsaturated/α-hetero) is 1. The van der Waals surface area contributed by atoms with Gasteiger partial charge in [0.1, 0.15) is 18.1 Å². The zero-order chi connectivity index (χ0) is 30.0. The van der Waals surface area contributed by atoms with E-state index in [1.54, 1.807) is 26.8 Å². The normalized spacial score (nSPS) is 25.0. The van der Waals surface area contributed by atoms with Crippen LogP contribution in [0.15, 0.2) is 24.3 Å². The molecule has 4 fully saturated rings. The van der Waals surface area contributed by atoms with E-state index in [2.05, 4.69) is 15.5 Å². The molecule has 4 aliphatic heterocycles. The summed E-state index contributed by atoms with van der Waals surface area (Å²) in [7, 11) is 0. The molecule has 0 aromatic heterocycles. The number of nitrogens with one attached hydrogen (secondary N) is 2. The SMILES string of the molecule is CC(=O)N1CCCCC1C(=O)N1CC(=O)C2C1CCN2C(=O)C(CC(C)C)NC(=O)c1ccc(N2CCNCC2)cc1.